The van der Waals surface area contributed by atoms with Gasteiger partial charge in [0.2, 0.25) is 0 Å². The number of nitrogens with one attached hydrogen (secondary N) is 2. The van der Waals surface area contributed by atoms with Crippen LogP contribution in [0.1, 0.15) is 23.2 Å². The van der Waals surface area contributed by atoms with Gasteiger partial charge in [0.25, 0.3) is 5.91 Å². The number of rotatable bonds is 4. The summed E-state index contributed by atoms with van der Waals surface area (Å²) in [7, 11) is 0. The van der Waals surface area contributed by atoms with Crippen LogP contribution >= 0.6 is 0 Å². The third-order valence-electron chi connectivity index (χ3n) is 4.80. The van der Waals surface area contributed by atoms with Crippen LogP contribution in [0.4, 0.5) is 16.2 Å². The summed E-state index contributed by atoms with van der Waals surface area (Å²) in [6.45, 7) is 1.59. The Morgan fingerprint density at radius 2 is 1.43 bits per heavy atom. The molecular weight excluding hydrogens is 352 g/mol. The van der Waals surface area contributed by atoms with Crippen molar-refractivity contribution in [1.82, 2.24) is 9.47 Å². The predicted octanol–water partition coefficient (Wildman–Crippen LogP) is 4.36. The number of likely N-dealkylation sites (tertiary alicyclic amines) is 1. The Morgan fingerprint density at radius 1 is 0.786 bits per heavy atom. The molecule has 0 unspecified atom stereocenters. The highest BCUT2D eigenvalue weighted by atomic mass is 16.2. The number of aromatic nitrogens is 1. The zero-order valence-electron chi connectivity index (χ0n) is 15.5. The minimum absolute atomic E-state index is 0.0958. The molecule has 0 radical (unpaired) electrons. The van der Waals surface area contributed by atoms with Gasteiger partial charge in [-0.3, -0.25) is 4.79 Å². The first-order valence-electron chi connectivity index (χ1n) is 9.40. The summed E-state index contributed by atoms with van der Waals surface area (Å²) >= 11 is 0. The molecule has 1 fully saturated rings. The Kier molecular flexibility index (Phi) is 5.10. The third-order valence-corrected chi connectivity index (χ3v) is 4.80. The standard InChI is InChI=1S/C22H22N4O2/c27-21(17-8-10-20(11-9-17)25-12-1-2-13-25)23-18-6-5-7-19(16-18)24-22(28)26-14-3-4-15-26/h1-2,5-13,16H,3-4,14-15H2,(H,23,27)(H,24,28). The minimum Gasteiger partial charge on any atom is -0.325 e. The van der Waals surface area contributed by atoms with E-state index in [4.69, 9.17) is 0 Å². The quantitative estimate of drug-likeness (QED) is 0.713. The number of benzene rings is 2. The molecule has 6 heteroatoms. The molecule has 6 nitrogen and oxygen atoms in total. The Bertz CT molecular complexity index is 958. The molecule has 2 N–H and O–H groups in total. The molecule has 1 aromatic heterocycles. The Labute approximate surface area is 163 Å². The lowest BCUT2D eigenvalue weighted by Crippen LogP contribution is -2.32. The Morgan fingerprint density at radius 3 is 2.11 bits per heavy atom. The van der Waals surface area contributed by atoms with E-state index in [1.807, 2.05) is 53.4 Å². The fraction of sp³-hybridized carbons (Fsp3) is 0.182. The van der Waals surface area contributed by atoms with Gasteiger partial charge in [-0.1, -0.05) is 6.07 Å². The molecule has 1 aliphatic heterocycles. The van der Waals surface area contributed by atoms with E-state index in [9.17, 15) is 9.59 Å². The maximum atomic E-state index is 12.5. The van der Waals surface area contributed by atoms with Gasteiger partial charge < -0.3 is 20.1 Å². The molecule has 0 atom stereocenters. The number of anilines is 2. The molecule has 28 heavy (non-hydrogen) atoms. The van der Waals surface area contributed by atoms with Crippen LogP contribution < -0.4 is 10.6 Å². The normalized spacial score (nSPS) is 13.4. The average molecular weight is 374 g/mol. The largest absolute Gasteiger partial charge is 0.325 e. The molecular formula is C22H22N4O2. The van der Waals surface area contributed by atoms with Crippen molar-refractivity contribution < 1.29 is 9.59 Å². The Balaban J connectivity index is 1.41. The van der Waals surface area contributed by atoms with E-state index in [1.165, 1.54) is 0 Å². The highest BCUT2D eigenvalue weighted by Gasteiger charge is 2.17. The highest BCUT2D eigenvalue weighted by Crippen LogP contribution is 2.18. The van der Waals surface area contributed by atoms with Gasteiger partial charge in [0.1, 0.15) is 0 Å². The lowest BCUT2D eigenvalue weighted by molar-refractivity contribution is 0.102. The van der Waals surface area contributed by atoms with Gasteiger partial charge in [-0.25, -0.2) is 4.79 Å². The van der Waals surface area contributed by atoms with Gasteiger partial charge in [0, 0.05) is 48.1 Å². The summed E-state index contributed by atoms with van der Waals surface area (Å²) in [6.07, 6.45) is 6.01. The molecule has 142 valence electrons. The molecule has 0 saturated carbocycles. The first kappa shape index (κ1) is 17.9. The summed E-state index contributed by atoms with van der Waals surface area (Å²) in [4.78, 5) is 26.6. The van der Waals surface area contributed by atoms with E-state index in [-0.39, 0.29) is 11.9 Å². The maximum Gasteiger partial charge on any atom is 0.321 e. The monoisotopic (exact) mass is 374 g/mol. The van der Waals surface area contributed by atoms with Crippen molar-refractivity contribution in [1.29, 1.82) is 0 Å². The fourth-order valence-electron chi connectivity index (χ4n) is 3.29. The van der Waals surface area contributed by atoms with Crippen molar-refractivity contribution in [3.05, 3.63) is 78.6 Å². The SMILES string of the molecule is O=C(Nc1cccc(NC(=O)N2CCCC2)c1)c1ccc(-n2cccc2)cc1. The molecule has 1 saturated heterocycles. The second-order valence-electron chi connectivity index (χ2n) is 6.80. The van der Waals surface area contributed by atoms with Crippen molar-refractivity contribution in [2.75, 3.05) is 23.7 Å². The summed E-state index contributed by atoms with van der Waals surface area (Å²) in [5.41, 5.74) is 2.87. The van der Waals surface area contributed by atoms with E-state index in [0.717, 1.165) is 31.6 Å². The van der Waals surface area contributed by atoms with E-state index in [1.54, 1.807) is 29.2 Å². The summed E-state index contributed by atoms with van der Waals surface area (Å²) < 4.78 is 1.98. The average Bonchev–Trinajstić information content (AvgIpc) is 3.42. The number of nitrogens with zero attached hydrogens (tertiary/aromatic N) is 2. The van der Waals surface area contributed by atoms with Crippen LogP contribution in [0.3, 0.4) is 0 Å². The highest BCUT2D eigenvalue weighted by molar-refractivity contribution is 6.04. The molecule has 0 bridgehead atoms. The summed E-state index contributed by atoms with van der Waals surface area (Å²) in [6, 6.07) is 18.4. The van der Waals surface area contributed by atoms with E-state index in [0.29, 0.717) is 16.9 Å². The molecule has 2 heterocycles. The second-order valence-corrected chi connectivity index (χ2v) is 6.80. The molecule has 0 spiro atoms. The molecule has 2 aromatic carbocycles. The lowest BCUT2D eigenvalue weighted by atomic mass is 10.2. The summed E-state index contributed by atoms with van der Waals surface area (Å²) in [5, 5.41) is 5.78. The summed E-state index contributed by atoms with van der Waals surface area (Å²) in [5.74, 6) is -0.193. The Hall–Kier alpha value is -3.54. The molecule has 4 rings (SSSR count). The number of urea groups is 1. The molecule has 1 aliphatic rings. The van der Waals surface area contributed by atoms with Crippen molar-refractivity contribution >= 4 is 23.3 Å². The van der Waals surface area contributed by atoms with Crippen LogP contribution in [-0.4, -0.2) is 34.5 Å². The smallest absolute Gasteiger partial charge is 0.321 e. The van der Waals surface area contributed by atoms with Crippen molar-refractivity contribution in [3.8, 4) is 5.69 Å². The van der Waals surface area contributed by atoms with Crippen LogP contribution in [0.25, 0.3) is 5.69 Å². The van der Waals surface area contributed by atoms with Gasteiger partial charge in [-0.2, -0.15) is 0 Å². The van der Waals surface area contributed by atoms with Gasteiger partial charge in [-0.05, 0) is 67.4 Å². The van der Waals surface area contributed by atoms with Crippen LogP contribution in [-0.2, 0) is 0 Å². The first-order valence-corrected chi connectivity index (χ1v) is 9.40. The maximum absolute atomic E-state index is 12.5. The zero-order valence-corrected chi connectivity index (χ0v) is 15.5. The van der Waals surface area contributed by atoms with Gasteiger partial charge in [-0.15, -0.1) is 0 Å². The van der Waals surface area contributed by atoms with Crippen LogP contribution in [0.5, 0.6) is 0 Å². The minimum atomic E-state index is -0.193. The van der Waals surface area contributed by atoms with Crippen molar-refractivity contribution in [2.24, 2.45) is 0 Å². The molecule has 3 amide bonds. The fourth-order valence-corrected chi connectivity index (χ4v) is 3.29. The van der Waals surface area contributed by atoms with Crippen molar-refractivity contribution in [3.63, 3.8) is 0 Å². The van der Waals surface area contributed by atoms with Gasteiger partial charge >= 0.3 is 6.03 Å². The van der Waals surface area contributed by atoms with E-state index >= 15 is 0 Å². The van der Waals surface area contributed by atoms with Gasteiger partial charge in [0.05, 0.1) is 0 Å². The molecule has 3 aromatic rings. The van der Waals surface area contributed by atoms with Crippen LogP contribution in [0.2, 0.25) is 0 Å². The van der Waals surface area contributed by atoms with E-state index < -0.39 is 0 Å². The zero-order chi connectivity index (χ0) is 19.3. The number of carbonyl (C=O) groups excluding carboxylic acids is 2. The number of hydrogen-bond donors (Lipinski definition) is 2. The van der Waals surface area contributed by atoms with Gasteiger partial charge in [0.15, 0.2) is 0 Å². The van der Waals surface area contributed by atoms with Crippen LogP contribution in [0, 0.1) is 0 Å². The second kappa shape index (κ2) is 8.00. The topological polar surface area (TPSA) is 66.4 Å². The van der Waals surface area contributed by atoms with E-state index in [2.05, 4.69) is 10.6 Å². The number of hydrogen-bond acceptors (Lipinski definition) is 2. The van der Waals surface area contributed by atoms with Crippen LogP contribution in [0.15, 0.2) is 73.1 Å². The molecule has 0 aliphatic carbocycles. The van der Waals surface area contributed by atoms with Crippen molar-refractivity contribution in [2.45, 2.75) is 12.8 Å². The third kappa shape index (κ3) is 4.06. The lowest BCUT2D eigenvalue weighted by Gasteiger charge is -2.16. The number of amides is 3. The predicted molar refractivity (Wildman–Crippen MR) is 110 cm³/mol. The number of carbonyl (C=O) groups is 2. The first-order chi connectivity index (χ1) is 13.7.